The number of nitrogens with zero attached hydrogens (tertiary/aromatic N) is 5. The number of aromatic nitrogens is 4. The van der Waals surface area contributed by atoms with E-state index in [0.29, 0.717) is 12.0 Å². The largest absolute Gasteiger partial charge is 0.324 e. The lowest BCUT2D eigenvalue weighted by molar-refractivity contribution is 0.284. The van der Waals surface area contributed by atoms with Crippen LogP contribution in [0.2, 0.25) is 0 Å². The average molecular weight is 406 g/mol. The van der Waals surface area contributed by atoms with Crippen LogP contribution in [0, 0.1) is 6.92 Å². The summed E-state index contributed by atoms with van der Waals surface area (Å²) >= 11 is 0. The molecular formula is C23H31N7. The molecule has 0 aliphatic carbocycles. The Hall–Kier alpha value is -2.77. The predicted octanol–water partition coefficient (Wildman–Crippen LogP) is 3.77. The van der Waals surface area contributed by atoms with Gasteiger partial charge in [-0.2, -0.15) is 0 Å². The van der Waals surface area contributed by atoms with Gasteiger partial charge in [0.05, 0.1) is 17.6 Å². The lowest BCUT2D eigenvalue weighted by atomic mass is 10.2. The van der Waals surface area contributed by atoms with Crippen molar-refractivity contribution in [2.24, 2.45) is 0 Å². The van der Waals surface area contributed by atoms with Crippen LogP contribution >= 0.6 is 0 Å². The normalized spacial score (nSPS) is 15.3. The Labute approximate surface area is 178 Å². The van der Waals surface area contributed by atoms with Crippen molar-refractivity contribution in [3.8, 4) is 11.4 Å². The van der Waals surface area contributed by atoms with E-state index in [1.54, 1.807) is 6.20 Å². The monoisotopic (exact) mass is 405 g/mol. The summed E-state index contributed by atoms with van der Waals surface area (Å²) in [6.07, 6.45) is 4.89. The fourth-order valence-corrected chi connectivity index (χ4v) is 4.00. The minimum Gasteiger partial charge on any atom is -0.324 e. The maximum Gasteiger partial charge on any atom is 0.227 e. The average Bonchev–Trinajstić information content (AvgIpc) is 2.95. The molecule has 2 aromatic heterocycles. The number of hydrogen-bond acceptors (Lipinski definition) is 6. The molecule has 0 radical (unpaired) electrons. The van der Waals surface area contributed by atoms with Crippen molar-refractivity contribution >= 4 is 11.6 Å². The zero-order valence-electron chi connectivity index (χ0n) is 18.1. The highest BCUT2D eigenvalue weighted by Gasteiger charge is 2.14. The van der Waals surface area contributed by atoms with Crippen molar-refractivity contribution in [1.82, 2.24) is 29.7 Å². The highest BCUT2D eigenvalue weighted by molar-refractivity contribution is 5.59. The van der Waals surface area contributed by atoms with E-state index in [-0.39, 0.29) is 0 Å². The van der Waals surface area contributed by atoms with Gasteiger partial charge in [0.2, 0.25) is 5.95 Å². The van der Waals surface area contributed by atoms with E-state index in [1.807, 2.05) is 19.2 Å². The Morgan fingerprint density at radius 1 is 1.07 bits per heavy atom. The molecule has 0 amide bonds. The van der Waals surface area contributed by atoms with Crippen LogP contribution in [0.25, 0.3) is 11.4 Å². The number of nitrogens with one attached hydrogen (secondary N) is 2. The molecule has 7 heteroatoms. The third kappa shape index (κ3) is 4.86. The minimum atomic E-state index is 0.321. The molecule has 1 saturated heterocycles. The molecule has 0 bridgehead atoms. The maximum absolute atomic E-state index is 4.72. The number of benzene rings is 1. The van der Waals surface area contributed by atoms with E-state index in [9.17, 15) is 0 Å². The zero-order valence-corrected chi connectivity index (χ0v) is 18.1. The molecule has 7 nitrogen and oxygen atoms in total. The fourth-order valence-electron chi connectivity index (χ4n) is 4.00. The molecular weight excluding hydrogens is 374 g/mol. The lowest BCUT2D eigenvalue weighted by Gasteiger charge is -2.19. The van der Waals surface area contributed by atoms with Gasteiger partial charge in [-0.25, -0.2) is 15.0 Å². The van der Waals surface area contributed by atoms with Gasteiger partial charge in [-0.1, -0.05) is 12.1 Å². The van der Waals surface area contributed by atoms with Crippen molar-refractivity contribution in [2.75, 3.05) is 31.5 Å². The smallest absolute Gasteiger partial charge is 0.227 e. The molecule has 1 aliphatic heterocycles. The lowest BCUT2D eigenvalue weighted by Crippen LogP contribution is -2.27. The first-order chi connectivity index (χ1) is 14.6. The van der Waals surface area contributed by atoms with Gasteiger partial charge in [-0.15, -0.1) is 0 Å². The van der Waals surface area contributed by atoms with Crippen molar-refractivity contribution in [3.05, 3.63) is 54.1 Å². The van der Waals surface area contributed by atoms with Crippen LogP contribution in [0.4, 0.5) is 11.6 Å². The molecule has 158 valence electrons. The highest BCUT2D eigenvalue weighted by atomic mass is 15.2. The van der Waals surface area contributed by atoms with Gasteiger partial charge in [0.1, 0.15) is 5.82 Å². The first-order valence-electron chi connectivity index (χ1n) is 10.8. The molecule has 0 spiro atoms. The van der Waals surface area contributed by atoms with Crippen LogP contribution in [0.1, 0.15) is 37.7 Å². The van der Waals surface area contributed by atoms with Gasteiger partial charge in [0.15, 0.2) is 0 Å². The second-order valence-electron chi connectivity index (χ2n) is 8.12. The van der Waals surface area contributed by atoms with Gasteiger partial charge in [0, 0.05) is 37.6 Å². The van der Waals surface area contributed by atoms with Gasteiger partial charge < -0.3 is 15.2 Å². The summed E-state index contributed by atoms with van der Waals surface area (Å²) in [5.41, 5.74) is 4.19. The van der Waals surface area contributed by atoms with E-state index in [1.165, 1.54) is 12.0 Å². The first kappa shape index (κ1) is 20.5. The van der Waals surface area contributed by atoms with Crippen LogP contribution in [-0.2, 0) is 6.54 Å². The molecule has 1 aromatic carbocycles. The number of aryl methyl sites for hydroxylation is 1. The Bertz CT molecular complexity index is 954. The van der Waals surface area contributed by atoms with Crippen molar-refractivity contribution in [2.45, 2.75) is 39.8 Å². The van der Waals surface area contributed by atoms with Gasteiger partial charge >= 0.3 is 0 Å². The number of anilines is 2. The molecule has 0 atom stereocenters. The van der Waals surface area contributed by atoms with Crippen molar-refractivity contribution in [1.29, 1.82) is 0 Å². The summed E-state index contributed by atoms with van der Waals surface area (Å²) in [7, 11) is 0. The second-order valence-corrected chi connectivity index (χ2v) is 8.12. The van der Waals surface area contributed by atoms with Crippen molar-refractivity contribution in [3.63, 3.8) is 0 Å². The molecule has 1 aliphatic rings. The first-order valence-corrected chi connectivity index (χ1v) is 10.8. The summed E-state index contributed by atoms with van der Waals surface area (Å²) in [4.78, 5) is 16.1. The van der Waals surface area contributed by atoms with Crippen LogP contribution in [0.5, 0.6) is 0 Å². The summed E-state index contributed by atoms with van der Waals surface area (Å²) in [6, 6.07) is 10.8. The van der Waals surface area contributed by atoms with Crippen LogP contribution in [0.3, 0.4) is 0 Å². The van der Waals surface area contributed by atoms with Gasteiger partial charge in [-0.05, 0) is 64.0 Å². The minimum absolute atomic E-state index is 0.321. The Balaban J connectivity index is 1.45. The summed E-state index contributed by atoms with van der Waals surface area (Å²) < 4.78 is 2.19. The third-order valence-electron chi connectivity index (χ3n) is 5.47. The molecule has 1 fully saturated rings. The summed E-state index contributed by atoms with van der Waals surface area (Å²) in [5.74, 6) is 1.58. The fraction of sp³-hybridized carbons (Fsp3) is 0.435. The second kappa shape index (κ2) is 9.36. The van der Waals surface area contributed by atoms with Crippen LogP contribution in [0.15, 0.2) is 42.7 Å². The van der Waals surface area contributed by atoms with E-state index in [2.05, 4.69) is 68.2 Å². The Morgan fingerprint density at radius 2 is 1.90 bits per heavy atom. The summed E-state index contributed by atoms with van der Waals surface area (Å²) in [6.45, 7) is 11.8. The van der Waals surface area contributed by atoms with E-state index >= 15 is 0 Å². The van der Waals surface area contributed by atoms with Crippen LogP contribution in [-0.4, -0.2) is 50.6 Å². The maximum atomic E-state index is 4.72. The number of imidazole rings is 1. The molecule has 0 saturated carbocycles. The molecule has 4 rings (SSSR count). The topological polar surface area (TPSA) is 70.9 Å². The van der Waals surface area contributed by atoms with E-state index in [4.69, 9.17) is 4.98 Å². The van der Waals surface area contributed by atoms with E-state index < -0.39 is 0 Å². The Kier molecular flexibility index (Phi) is 6.40. The SMILES string of the molecule is Cc1ncc(-c2ccnc(Nc3ccc(CN4CCCNCC4)cc3)n2)n1C(C)C. The van der Waals surface area contributed by atoms with Crippen molar-refractivity contribution < 1.29 is 0 Å². The molecule has 3 heterocycles. The van der Waals surface area contributed by atoms with Crippen LogP contribution < -0.4 is 10.6 Å². The quantitative estimate of drug-likeness (QED) is 0.651. The standard InChI is InChI=1S/C23H31N7/c1-17(2)30-18(3)26-15-22(30)21-9-11-25-23(28-21)27-20-7-5-19(6-8-20)16-29-13-4-10-24-12-14-29/h5-9,11,15,17,24H,4,10,12-14,16H2,1-3H3,(H,25,27,28). The predicted molar refractivity (Wildman–Crippen MR) is 121 cm³/mol. The zero-order chi connectivity index (χ0) is 20.9. The summed E-state index contributed by atoms with van der Waals surface area (Å²) in [5, 5.41) is 6.79. The van der Waals surface area contributed by atoms with Gasteiger partial charge in [-0.3, -0.25) is 4.90 Å². The highest BCUT2D eigenvalue weighted by Crippen LogP contribution is 2.24. The molecule has 3 aromatic rings. The third-order valence-corrected chi connectivity index (χ3v) is 5.47. The Morgan fingerprint density at radius 3 is 2.70 bits per heavy atom. The molecule has 30 heavy (non-hydrogen) atoms. The van der Waals surface area contributed by atoms with E-state index in [0.717, 1.165) is 55.6 Å². The van der Waals surface area contributed by atoms with Gasteiger partial charge in [0.25, 0.3) is 0 Å². The number of hydrogen-bond donors (Lipinski definition) is 2. The number of rotatable bonds is 6. The molecule has 0 unspecified atom stereocenters. The molecule has 2 N–H and O–H groups in total.